The molecule has 0 bridgehead atoms. The molecule has 5 N–H and O–H groups in total. The summed E-state index contributed by atoms with van der Waals surface area (Å²) in [5, 5.41) is 44.7. The smallest absolute Gasteiger partial charge is 0.184 e. The summed E-state index contributed by atoms with van der Waals surface area (Å²) in [6.07, 6.45) is -7.04. The Morgan fingerprint density at radius 1 is 0.923 bits per heavy atom. The zero-order chi connectivity index (χ0) is 9.30. The SMILES string of the molecule is C.OC[C@H]1OC(O)[C@H](O)[C@@H](O)[C@H]1O. The van der Waals surface area contributed by atoms with Crippen molar-refractivity contribution in [1.82, 2.24) is 0 Å². The van der Waals surface area contributed by atoms with Crippen LogP contribution in [0.25, 0.3) is 0 Å². The molecule has 1 rings (SSSR count). The van der Waals surface area contributed by atoms with E-state index in [0.29, 0.717) is 0 Å². The van der Waals surface area contributed by atoms with Crippen molar-refractivity contribution >= 4 is 0 Å². The van der Waals surface area contributed by atoms with Crippen molar-refractivity contribution in [1.29, 1.82) is 0 Å². The third-order valence-electron chi connectivity index (χ3n) is 1.87. The lowest BCUT2D eigenvalue weighted by Gasteiger charge is -2.37. The fraction of sp³-hybridized carbons (Fsp3) is 1.00. The standard InChI is InChI=1S/C6H12O6.CH4/c7-1-2-3(8)4(9)5(10)6(11)12-2;/h2-11H,1H2;1H4/t2-,3+,4+,5-,6?;/m1./s1. The van der Waals surface area contributed by atoms with Crippen LogP contribution < -0.4 is 0 Å². The molecule has 6 nitrogen and oxygen atoms in total. The van der Waals surface area contributed by atoms with Crippen LogP contribution in [0, 0.1) is 0 Å². The Morgan fingerprint density at radius 3 is 1.92 bits per heavy atom. The molecule has 0 amide bonds. The third kappa shape index (κ3) is 2.37. The molecule has 0 saturated carbocycles. The van der Waals surface area contributed by atoms with Gasteiger partial charge in [-0.2, -0.15) is 0 Å². The quantitative estimate of drug-likeness (QED) is 0.315. The van der Waals surface area contributed by atoms with E-state index in [2.05, 4.69) is 4.74 Å². The van der Waals surface area contributed by atoms with Gasteiger partial charge in [-0.1, -0.05) is 7.43 Å². The second-order valence-corrected chi connectivity index (χ2v) is 2.72. The summed E-state index contributed by atoms with van der Waals surface area (Å²) in [6, 6.07) is 0. The Hall–Kier alpha value is -0.240. The van der Waals surface area contributed by atoms with Gasteiger partial charge in [-0.3, -0.25) is 0 Å². The number of aliphatic hydroxyl groups excluding tert-OH is 5. The topological polar surface area (TPSA) is 110 Å². The van der Waals surface area contributed by atoms with Gasteiger partial charge in [0.2, 0.25) is 0 Å². The van der Waals surface area contributed by atoms with Crippen molar-refractivity contribution < 1.29 is 30.3 Å². The molecule has 5 atom stereocenters. The average molecular weight is 196 g/mol. The summed E-state index contributed by atoms with van der Waals surface area (Å²) in [5.41, 5.74) is 0. The number of hydrogen-bond acceptors (Lipinski definition) is 6. The summed E-state index contributed by atoms with van der Waals surface area (Å²) in [4.78, 5) is 0. The first-order valence-corrected chi connectivity index (χ1v) is 3.56. The maximum Gasteiger partial charge on any atom is 0.184 e. The van der Waals surface area contributed by atoms with Crippen molar-refractivity contribution in [2.24, 2.45) is 0 Å². The molecule has 0 aromatic heterocycles. The minimum Gasteiger partial charge on any atom is -0.394 e. The van der Waals surface area contributed by atoms with Crippen LogP contribution in [-0.4, -0.2) is 62.8 Å². The minimum atomic E-state index is -1.57. The second kappa shape index (κ2) is 4.85. The van der Waals surface area contributed by atoms with Crippen molar-refractivity contribution in [2.75, 3.05) is 6.61 Å². The van der Waals surface area contributed by atoms with Gasteiger partial charge < -0.3 is 30.3 Å². The average Bonchev–Trinajstić information content (AvgIpc) is 2.08. The molecule has 0 radical (unpaired) electrons. The molecule has 1 aliphatic rings. The molecule has 1 unspecified atom stereocenters. The van der Waals surface area contributed by atoms with Gasteiger partial charge in [0, 0.05) is 0 Å². The molecule has 6 heteroatoms. The van der Waals surface area contributed by atoms with Crippen LogP contribution in [-0.2, 0) is 4.74 Å². The molecule has 13 heavy (non-hydrogen) atoms. The van der Waals surface area contributed by atoms with E-state index in [4.69, 9.17) is 25.5 Å². The Bertz CT molecular complexity index is 147. The normalized spacial score (nSPS) is 45.5. The number of rotatable bonds is 1. The molecule has 0 aliphatic carbocycles. The Balaban J connectivity index is 0.00000144. The number of aliphatic hydroxyl groups is 5. The van der Waals surface area contributed by atoms with Gasteiger partial charge in [0.1, 0.15) is 24.4 Å². The van der Waals surface area contributed by atoms with Gasteiger partial charge in [0.25, 0.3) is 0 Å². The highest BCUT2D eigenvalue weighted by atomic mass is 16.6. The molecule has 0 spiro atoms. The van der Waals surface area contributed by atoms with E-state index < -0.39 is 37.3 Å². The van der Waals surface area contributed by atoms with Crippen molar-refractivity contribution in [3.8, 4) is 0 Å². The van der Waals surface area contributed by atoms with E-state index in [9.17, 15) is 0 Å². The van der Waals surface area contributed by atoms with Gasteiger partial charge in [0.05, 0.1) is 6.61 Å². The summed E-state index contributed by atoms with van der Waals surface area (Å²) in [6.45, 7) is -0.526. The highest BCUT2D eigenvalue weighted by Crippen LogP contribution is 2.18. The lowest BCUT2D eigenvalue weighted by Crippen LogP contribution is -2.58. The molecule has 0 aromatic carbocycles. The predicted octanol–water partition coefficient (Wildman–Crippen LogP) is -2.59. The Labute approximate surface area is 76.0 Å². The molecule has 1 aliphatic heterocycles. The van der Waals surface area contributed by atoms with Crippen LogP contribution >= 0.6 is 0 Å². The van der Waals surface area contributed by atoms with Gasteiger partial charge >= 0.3 is 0 Å². The molecular formula is C7H16O6. The van der Waals surface area contributed by atoms with Gasteiger partial charge in [0.15, 0.2) is 6.29 Å². The monoisotopic (exact) mass is 196 g/mol. The molecule has 1 fully saturated rings. The zero-order valence-electron chi connectivity index (χ0n) is 6.24. The zero-order valence-corrected chi connectivity index (χ0v) is 6.24. The number of hydrogen-bond donors (Lipinski definition) is 5. The van der Waals surface area contributed by atoms with E-state index in [0.717, 1.165) is 0 Å². The van der Waals surface area contributed by atoms with Crippen LogP contribution in [0.15, 0.2) is 0 Å². The van der Waals surface area contributed by atoms with E-state index in [1.54, 1.807) is 0 Å². The highest BCUT2D eigenvalue weighted by Gasteiger charge is 2.42. The molecule has 0 aromatic rings. The lowest BCUT2D eigenvalue weighted by atomic mass is 10.00. The van der Waals surface area contributed by atoms with E-state index in [1.807, 2.05) is 0 Å². The first kappa shape index (κ1) is 12.8. The summed E-state index contributed by atoms with van der Waals surface area (Å²) in [5.74, 6) is 0. The largest absolute Gasteiger partial charge is 0.394 e. The Morgan fingerprint density at radius 2 is 1.46 bits per heavy atom. The Kier molecular flexibility index (Phi) is 4.76. The molecule has 1 saturated heterocycles. The van der Waals surface area contributed by atoms with E-state index >= 15 is 0 Å². The van der Waals surface area contributed by atoms with Crippen molar-refractivity contribution in [2.45, 2.75) is 38.1 Å². The lowest BCUT2D eigenvalue weighted by molar-refractivity contribution is -0.286. The van der Waals surface area contributed by atoms with Crippen LogP contribution in [0.2, 0.25) is 0 Å². The highest BCUT2D eigenvalue weighted by molar-refractivity contribution is 4.87. The fourth-order valence-electron chi connectivity index (χ4n) is 1.08. The van der Waals surface area contributed by atoms with Gasteiger partial charge in [-0.25, -0.2) is 0 Å². The third-order valence-corrected chi connectivity index (χ3v) is 1.87. The van der Waals surface area contributed by atoms with Crippen LogP contribution in [0.1, 0.15) is 7.43 Å². The minimum absolute atomic E-state index is 0. The molecular weight excluding hydrogens is 180 g/mol. The first-order valence-electron chi connectivity index (χ1n) is 3.56. The second-order valence-electron chi connectivity index (χ2n) is 2.72. The number of ether oxygens (including phenoxy) is 1. The fourth-order valence-corrected chi connectivity index (χ4v) is 1.08. The summed E-state index contributed by atoms with van der Waals surface area (Å²) in [7, 11) is 0. The van der Waals surface area contributed by atoms with Gasteiger partial charge in [-0.15, -0.1) is 0 Å². The van der Waals surface area contributed by atoms with E-state index in [-0.39, 0.29) is 7.43 Å². The van der Waals surface area contributed by atoms with Crippen LogP contribution in [0.5, 0.6) is 0 Å². The van der Waals surface area contributed by atoms with Crippen molar-refractivity contribution in [3.63, 3.8) is 0 Å². The first-order chi connectivity index (χ1) is 5.57. The van der Waals surface area contributed by atoms with Crippen LogP contribution in [0.3, 0.4) is 0 Å². The molecule has 80 valence electrons. The van der Waals surface area contributed by atoms with Gasteiger partial charge in [-0.05, 0) is 0 Å². The summed E-state index contributed by atoms with van der Waals surface area (Å²) < 4.78 is 4.58. The predicted molar refractivity (Wildman–Crippen MR) is 42.7 cm³/mol. The maximum absolute atomic E-state index is 9.12. The van der Waals surface area contributed by atoms with Crippen LogP contribution in [0.4, 0.5) is 0 Å². The van der Waals surface area contributed by atoms with E-state index in [1.165, 1.54) is 0 Å². The molecule has 1 heterocycles. The maximum atomic E-state index is 9.12. The van der Waals surface area contributed by atoms with Crippen molar-refractivity contribution in [3.05, 3.63) is 0 Å². The summed E-state index contributed by atoms with van der Waals surface area (Å²) >= 11 is 0.